The third-order valence-corrected chi connectivity index (χ3v) is 6.66. The number of fused-ring (bicyclic) bond motifs is 2. The van der Waals surface area contributed by atoms with Crippen molar-refractivity contribution in [2.75, 3.05) is 25.0 Å². The van der Waals surface area contributed by atoms with E-state index < -0.39 is 0 Å². The van der Waals surface area contributed by atoms with E-state index in [1.807, 2.05) is 41.2 Å². The number of rotatable bonds is 7. The molecule has 0 aliphatic carbocycles. The van der Waals surface area contributed by atoms with Crippen LogP contribution in [0.3, 0.4) is 0 Å². The lowest BCUT2D eigenvalue weighted by Gasteiger charge is -2.31. The van der Waals surface area contributed by atoms with Crippen molar-refractivity contribution in [2.24, 2.45) is 5.73 Å². The first kappa shape index (κ1) is 23.1. The molecule has 1 fully saturated rings. The summed E-state index contributed by atoms with van der Waals surface area (Å²) in [5.74, 6) is 0.0841. The molecule has 1 amide bonds. The van der Waals surface area contributed by atoms with Gasteiger partial charge in [0.15, 0.2) is 5.82 Å². The number of nitrogens with zero attached hydrogens (tertiary/aromatic N) is 6. The van der Waals surface area contributed by atoms with Gasteiger partial charge >= 0.3 is 0 Å². The number of benzene rings is 2. The summed E-state index contributed by atoms with van der Waals surface area (Å²) < 4.78 is 17.2. The lowest BCUT2D eigenvalue weighted by Crippen LogP contribution is -2.55. The van der Waals surface area contributed by atoms with E-state index in [1.54, 1.807) is 16.8 Å². The Balaban J connectivity index is 1.25. The van der Waals surface area contributed by atoms with Gasteiger partial charge in [-0.15, -0.1) is 0 Å². The van der Waals surface area contributed by atoms with Crippen LogP contribution in [0.25, 0.3) is 16.4 Å². The minimum atomic E-state index is -0.356. The van der Waals surface area contributed by atoms with Crippen molar-refractivity contribution in [3.8, 4) is 0 Å². The fourth-order valence-corrected chi connectivity index (χ4v) is 4.86. The van der Waals surface area contributed by atoms with Crippen LogP contribution >= 0.6 is 0 Å². The average molecular weight is 500 g/mol. The molecule has 1 saturated heterocycles. The van der Waals surface area contributed by atoms with Crippen LogP contribution in [0.5, 0.6) is 0 Å². The van der Waals surface area contributed by atoms with Gasteiger partial charge in [-0.05, 0) is 47.5 Å². The molecule has 0 spiro atoms. The van der Waals surface area contributed by atoms with Crippen LogP contribution < -0.4 is 16.4 Å². The highest BCUT2D eigenvalue weighted by Crippen LogP contribution is 2.27. The zero-order valence-corrected chi connectivity index (χ0v) is 20.0. The number of piperazine rings is 1. The van der Waals surface area contributed by atoms with Crippen LogP contribution in [0.1, 0.15) is 11.1 Å². The van der Waals surface area contributed by atoms with Gasteiger partial charge in [0.05, 0.1) is 24.3 Å². The summed E-state index contributed by atoms with van der Waals surface area (Å²) in [5, 5.41) is 16.4. The number of nitrogens with one attached hydrogen (secondary N) is 2. The quantitative estimate of drug-likeness (QED) is 0.314. The predicted octanol–water partition coefficient (Wildman–Crippen LogP) is 2.27. The number of aromatic nitrogens is 5. The van der Waals surface area contributed by atoms with E-state index in [9.17, 15) is 9.18 Å². The highest BCUT2D eigenvalue weighted by molar-refractivity contribution is 5.85. The lowest BCUT2D eigenvalue weighted by molar-refractivity contribution is -0.121. The molecule has 10 nitrogen and oxygen atoms in total. The fourth-order valence-electron chi connectivity index (χ4n) is 4.86. The van der Waals surface area contributed by atoms with Crippen LogP contribution in [0.2, 0.25) is 0 Å². The molecule has 4 N–H and O–H groups in total. The van der Waals surface area contributed by atoms with Crippen molar-refractivity contribution in [3.05, 3.63) is 84.2 Å². The predicted molar refractivity (Wildman–Crippen MR) is 138 cm³/mol. The van der Waals surface area contributed by atoms with Crippen LogP contribution in [-0.4, -0.2) is 60.9 Å². The number of primary amides is 1. The Bertz CT molecular complexity index is 1590. The van der Waals surface area contributed by atoms with Gasteiger partial charge in [0, 0.05) is 43.4 Å². The molecule has 1 aliphatic heterocycles. The van der Waals surface area contributed by atoms with Gasteiger partial charge in [0.25, 0.3) is 0 Å². The second-order valence-corrected chi connectivity index (χ2v) is 9.22. The molecule has 1 aliphatic rings. The van der Waals surface area contributed by atoms with Gasteiger partial charge in [-0.2, -0.15) is 10.2 Å². The Morgan fingerprint density at radius 3 is 2.95 bits per heavy atom. The van der Waals surface area contributed by atoms with Crippen LogP contribution in [0.15, 0.2) is 67.3 Å². The second kappa shape index (κ2) is 9.60. The average Bonchev–Trinajstić information content (AvgIpc) is 3.49. The molecular weight excluding hydrogens is 473 g/mol. The highest BCUT2D eigenvalue weighted by Gasteiger charge is 2.24. The second-order valence-electron chi connectivity index (χ2n) is 9.22. The number of carbonyl (C=O) groups is 1. The van der Waals surface area contributed by atoms with E-state index in [4.69, 9.17) is 5.73 Å². The van der Waals surface area contributed by atoms with E-state index in [1.165, 1.54) is 18.5 Å². The number of amides is 1. The van der Waals surface area contributed by atoms with Gasteiger partial charge in [-0.3, -0.25) is 14.4 Å². The van der Waals surface area contributed by atoms with Crippen molar-refractivity contribution in [1.82, 2.24) is 34.6 Å². The van der Waals surface area contributed by atoms with Gasteiger partial charge in [-0.25, -0.2) is 13.9 Å². The first-order valence-corrected chi connectivity index (χ1v) is 12.1. The number of nitrogens with two attached hydrogens (primary N) is 1. The maximum atomic E-state index is 13.6. The SMILES string of the molecule is NC(=O)C1CN(Cc2ccn3ncnc(Nc4ccc5c(cnn5Cc5cccc(F)c5)c4)c23)CCN1. The van der Waals surface area contributed by atoms with E-state index in [-0.39, 0.29) is 17.8 Å². The molecule has 11 heteroatoms. The molecule has 0 bridgehead atoms. The van der Waals surface area contributed by atoms with Crippen LogP contribution in [-0.2, 0) is 17.9 Å². The summed E-state index contributed by atoms with van der Waals surface area (Å²) in [7, 11) is 0. The third kappa shape index (κ3) is 4.74. The minimum absolute atomic E-state index is 0.258. The van der Waals surface area contributed by atoms with Gasteiger partial charge in [0.1, 0.15) is 17.7 Å². The Morgan fingerprint density at radius 2 is 2.08 bits per heavy atom. The number of carbonyl (C=O) groups excluding carboxylic acids is 1. The van der Waals surface area contributed by atoms with Gasteiger partial charge in [0.2, 0.25) is 5.91 Å². The van der Waals surface area contributed by atoms with Gasteiger partial charge < -0.3 is 16.4 Å². The normalized spacial score (nSPS) is 16.4. The third-order valence-electron chi connectivity index (χ3n) is 6.66. The highest BCUT2D eigenvalue weighted by atomic mass is 19.1. The van der Waals surface area contributed by atoms with Crippen molar-refractivity contribution in [3.63, 3.8) is 0 Å². The smallest absolute Gasteiger partial charge is 0.235 e. The Morgan fingerprint density at radius 1 is 1.16 bits per heavy atom. The van der Waals surface area contributed by atoms with Crippen molar-refractivity contribution < 1.29 is 9.18 Å². The Labute approximate surface area is 211 Å². The van der Waals surface area contributed by atoms with Crippen molar-refractivity contribution in [1.29, 1.82) is 0 Å². The largest absolute Gasteiger partial charge is 0.368 e. The fraction of sp³-hybridized carbons (Fsp3) is 0.231. The number of anilines is 2. The molecule has 1 unspecified atom stereocenters. The number of hydrogen-bond acceptors (Lipinski definition) is 7. The standard InChI is InChI=1S/C26H26FN9O/c27-20-3-1-2-17(10-20)13-36-23-5-4-21(11-19(23)12-31-36)33-26-24-18(6-8-35(24)32-16-30-26)14-34-9-7-29-22(15-34)25(28)37/h1-6,8,10-12,16,22,29H,7,9,13-15H2,(H2,28,37)(H,30,32,33). The maximum Gasteiger partial charge on any atom is 0.235 e. The topological polar surface area (TPSA) is 118 Å². The monoisotopic (exact) mass is 499 g/mol. The molecule has 188 valence electrons. The summed E-state index contributed by atoms with van der Waals surface area (Å²) >= 11 is 0. The molecule has 0 radical (unpaired) electrons. The summed E-state index contributed by atoms with van der Waals surface area (Å²) in [6.45, 7) is 3.20. The minimum Gasteiger partial charge on any atom is -0.368 e. The van der Waals surface area contributed by atoms with E-state index in [0.717, 1.165) is 39.8 Å². The molecule has 4 heterocycles. The summed E-state index contributed by atoms with van der Waals surface area (Å²) in [6, 6.07) is 14.2. The summed E-state index contributed by atoms with van der Waals surface area (Å²) in [4.78, 5) is 18.4. The van der Waals surface area contributed by atoms with E-state index in [0.29, 0.717) is 32.0 Å². The molecule has 0 saturated carbocycles. The number of hydrogen-bond donors (Lipinski definition) is 3. The lowest BCUT2D eigenvalue weighted by atomic mass is 10.1. The maximum absolute atomic E-state index is 13.6. The molecular formula is C26H26FN9O. The van der Waals surface area contributed by atoms with Gasteiger partial charge in [-0.1, -0.05) is 12.1 Å². The van der Waals surface area contributed by atoms with Crippen molar-refractivity contribution >= 4 is 33.8 Å². The molecule has 6 rings (SSSR count). The van der Waals surface area contributed by atoms with E-state index >= 15 is 0 Å². The number of halogens is 1. The first-order chi connectivity index (χ1) is 18.0. The van der Waals surface area contributed by atoms with E-state index in [2.05, 4.69) is 30.7 Å². The Hall–Kier alpha value is -4.35. The zero-order valence-electron chi connectivity index (χ0n) is 20.0. The first-order valence-electron chi connectivity index (χ1n) is 12.1. The molecule has 2 aromatic carbocycles. The van der Waals surface area contributed by atoms with Crippen LogP contribution in [0.4, 0.5) is 15.9 Å². The van der Waals surface area contributed by atoms with Crippen molar-refractivity contribution in [2.45, 2.75) is 19.1 Å². The molecule has 37 heavy (non-hydrogen) atoms. The molecule has 3 aromatic heterocycles. The summed E-state index contributed by atoms with van der Waals surface area (Å²) in [6.07, 6.45) is 5.23. The molecule has 5 aromatic rings. The van der Waals surface area contributed by atoms with Crippen LogP contribution in [0, 0.1) is 5.82 Å². The molecule has 1 atom stereocenters. The summed E-state index contributed by atoms with van der Waals surface area (Å²) in [5.41, 5.74) is 10.1. The Kier molecular flexibility index (Phi) is 5.99. The zero-order chi connectivity index (χ0) is 25.4.